The Morgan fingerprint density at radius 1 is 1.26 bits per heavy atom. The van der Waals surface area contributed by atoms with Crippen LogP contribution in [0.4, 0.5) is 5.69 Å². The number of benzene rings is 1. The van der Waals surface area contributed by atoms with Gasteiger partial charge in [-0.15, -0.1) is 0 Å². The van der Waals surface area contributed by atoms with E-state index in [2.05, 4.69) is 22.9 Å². The van der Waals surface area contributed by atoms with E-state index in [0.717, 1.165) is 12.1 Å². The Balaban J connectivity index is 1.86. The van der Waals surface area contributed by atoms with Gasteiger partial charge in [-0.2, -0.15) is 0 Å². The highest BCUT2D eigenvalue weighted by atomic mass is 35.5. The molecule has 2 amide bonds. The van der Waals surface area contributed by atoms with Crippen LogP contribution in [0.15, 0.2) is 18.2 Å². The lowest BCUT2D eigenvalue weighted by Crippen LogP contribution is -2.43. The minimum absolute atomic E-state index is 0.0183. The summed E-state index contributed by atoms with van der Waals surface area (Å²) in [4.78, 5) is 23.6. The first-order valence-electron chi connectivity index (χ1n) is 8.06. The van der Waals surface area contributed by atoms with Crippen LogP contribution in [0.3, 0.4) is 0 Å². The number of hydrogen-bond acceptors (Lipinski definition) is 3. The van der Waals surface area contributed by atoms with Crippen molar-refractivity contribution in [1.82, 2.24) is 10.6 Å². The number of amides is 2. The van der Waals surface area contributed by atoms with E-state index in [9.17, 15) is 9.59 Å². The molecule has 0 bridgehead atoms. The van der Waals surface area contributed by atoms with E-state index < -0.39 is 0 Å². The van der Waals surface area contributed by atoms with Crippen LogP contribution in [-0.2, 0) is 4.79 Å². The van der Waals surface area contributed by atoms with Crippen LogP contribution >= 0.6 is 11.6 Å². The van der Waals surface area contributed by atoms with Gasteiger partial charge in [0.1, 0.15) is 0 Å². The summed E-state index contributed by atoms with van der Waals surface area (Å²) < 4.78 is 0. The van der Waals surface area contributed by atoms with Crippen molar-refractivity contribution in [2.24, 2.45) is 5.92 Å². The Morgan fingerprint density at radius 3 is 2.65 bits per heavy atom. The fourth-order valence-electron chi connectivity index (χ4n) is 2.91. The second-order valence-corrected chi connectivity index (χ2v) is 6.47. The summed E-state index contributed by atoms with van der Waals surface area (Å²) in [6.07, 6.45) is 4.66. The van der Waals surface area contributed by atoms with Gasteiger partial charge in [0, 0.05) is 18.8 Å². The van der Waals surface area contributed by atoms with E-state index >= 15 is 0 Å². The third kappa shape index (κ3) is 4.86. The largest absolute Gasteiger partial charge is 0.376 e. The monoisotopic (exact) mass is 337 g/mol. The van der Waals surface area contributed by atoms with Crippen LogP contribution in [0.2, 0.25) is 5.02 Å². The maximum Gasteiger partial charge on any atom is 0.252 e. The molecule has 0 radical (unpaired) electrons. The Kier molecular flexibility index (Phi) is 6.28. The second-order valence-electron chi connectivity index (χ2n) is 6.06. The highest BCUT2D eigenvalue weighted by molar-refractivity contribution is 6.34. The number of carbonyl (C=O) groups is 2. The quantitative estimate of drug-likeness (QED) is 0.773. The topological polar surface area (TPSA) is 70.2 Å². The van der Waals surface area contributed by atoms with Gasteiger partial charge >= 0.3 is 0 Å². The average Bonchev–Trinajstić information content (AvgIpc) is 2.54. The molecule has 1 aromatic rings. The average molecular weight is 338 g/mol. The van der Waals surface area contributed by atoms with E-state index in [1.54, 1.807) is 25.2 Å². The van der Waals surface area contributed by atoms with Gasteiger partial charge in [0.2, 0.25) is 5.91 Å². The first-order valence-corrected chi connectivity index (χ1v) is 8.44. The zero-order valence-electron chi connectivity index (χ0n) is 13.6. The van der Waals surface area contributed by atoms with Gasteiger partial charge in [-0.1, -0.05) is 31.4 Å². The Hall–Kier alpha value is -1.75. The van der Waals surface area contributed by atoms with Gasteiger partial charge < -0.3 is 16.0 Å². The lowest BCUT2D eigenvalue weighted by Gasteiger charge is -2.29. The predicted molar refractivity (Wildman–Crippen MR) is 92.9 cm³/mol. The number of nitrogens with one attached hydrogen (secondary N) is 3. The molecule has 0 spiro atoms. The molecule has 1 aliphatic carbocycles. The smallest absolute Gasteiger partial charge is 0.252 e. The van der Waals surface area contributed by atoms with Gasteiger partial charge in [-0.25, -0.2) is 0 Å². The summed E-state index contributed by atoms with van der Waals surface area (Å²) in [6, 6.07) is 5.32. The van der Waals surface area contributed by atoms with Crippen molar-refractivity contribution in [3.63, 3.8) is 0 Å². The molecule has 3 N–H and O–H groups in total. The number of halogens is 1. The molecule has 2 atom stereocenters. The fraction of sp³-hybridized carbons (Fsp3) is 0.529. The Bertz CT molecular complexity index is 577. The molecule has 1 aliphatic rings. The summed E-state index contributed by atoms with van der Waals surface area (Å²) in [6.45, 7) is 2.38. The van der Waals surface area contributed by atoms with Crippen molar-refractivity contribution in [2.45, 2.75) is 38.6 Å². The molecule has 23 heavy (non-hydrogen) atoms. The van der Waals surface area contributed by atoms with Crippen LogP contribution < -0.4 is 16.0 Å². The molecule has 1 fully saturated rings. The molecule has 1 saturated carbocycles. The van der Waals surface area contributed by atoms with Crippen LogP contribution in [0.1, 0.15) is 43.0 Å². The maximum atomic E-state index is 12.1. The molecule has 0 aliphatic heterocycles. The van der Waals surface area contributed by atoms with E-state index in [4.69, 9.17) is 11.6 Å². The van der Waals surface area contributed by atoms with Gasteiger partial charge in [-0.05, 0) is 37.0 Å². The summed E-state index contributed by atoms with van der Waals surface area (Å²) in [5.41, 5.74) is 1.13. The SMILES string of the molecule is CNC(=O)c1ccc(NCC(=O)N[C@@H]2CCCC[C@H]2C)cc1Cl. The zero-order valence-corrected chi connectivity index (χ0v) is 14.4. The second kappa shape index (κ2) is 8.20. The number of anilines is 1. The number of hydrogen-bond donors (Lipinski definition) is 3. The van der Waals surface area contributed by atoms with Gasteiger partial charge in [0.05, 0.1) is 17.1 Å². The molecule has 0 unspecified atom stereocenters. The van der Waals surface area contributed by atoms with Gasteiger partial charge in [0.15, 0.2) is 0 Å². The summed E-state index contributed by atoms with van der Waals surface area (Å²) >= 11 is 6.09. The molecule has 0 aromatic heterocycles. The highest BCUT2D eigenvalue weighted by Crippen LogP contribution is 2.24. The molecular formula is C17H24ClN3O2. The van der Waals surface area contributed by atoms with Crippen LogP contribution in [0.25, 0.3) is 0 Å². The van der Waals surface area contributed by atoms with E-state index in [1.807, 2.05) is 0 Å². The third-order valence-corrected chi connectivity index (χ3v) is 4.66. The molecular weight excluding hydrogens is 314 g/mol. The predicted octanol–water partition coefficient (Wildman–Crippen LogP) is 2.81. The van der Waals surface area contributed by atoms with Crippen LogP contribution in [0, 0.1) is 5.92 Å². The first-order chi connectivity index (χ1) is 11.0. The van der Waals surface area contributed by atoms with Crippen molar-refractivity contribution in [2.75, 3.05) is 18.9 Å². The molecule has 6 heteroatoms. The lowest BCUT2D eigenvalue weighted by molar-refractivity contribution is -0.120. The number of carbonyl (C=O) groups excluding carboxylic acids is 2. The third-order valence-electron chi connectivity index (χ3n) is 4.35. The Labute approximate surface area is 142 Å². The molecule has 1 aromatic carbocycles. The van der Waals surface area contributed by atoms with Crippen molar-refractivity contribution in [1.29, 1.82) is 0 Å². The molecule has 0 saturated heterocycles. The van der Waals surface area contributed by atoms with Crippen molar-refractivity contribution in [3.05, 3.63) is 28.8 Å². The molecule has 0 heterocycles. The Morgan fingerprint density at radius 2 is 2.00 bits per heavy atom. The molecule has 2 rings (SSSR count). The summed E-state index contributed by atoms with van der Waals surface area (Å²) in [7, 11) is 1.56. The number of rotatable bonds is 5. The van der Waals surface area contributed by atoms with Gasteiger partial charge in [0.25, 0.3) is 5.91 Å². The van der Waals surface area contributed by atoms with E-state index in [-0.39, 0.29) is 24.4 Å². The van der Waals surface area contributed by atoms with Crippen molar-refractivity contribution in [3.8, 4) is 0 Å². The summed E-state index contributed by atoms with van der Waals surface area (Å²) in [5.74, 6) is 0.287. The molecule has 5 nitrogen and oxygen atoms in total. The minimum Gasteiger partial charge on any atom is -0.376 e. The normalized spacial score (nSPS) is 20.7. The molecule has 126 valence electrons. The highest BCUT2D eigenvalue weighted by Gasteiger charge is 2.22. The zero-order chi connectivity index (χ0) is 16.8. The summed E-state index contributed by atoms with van der Waals surface area (Å²) in [5, 5.41) is 9.03. The fourth-order valence-corrected chi connectivity index (χ4v) is 3.18. The van der Waals surface area contributed by atoms with Gasteiger partial charge in [-0.3, -0.25) is 9.59 Å². The van der Waals surface area contributed by atoms with Crippen molar-refractivity contribution < 1.29 is 9.59 Å². The van der Waals surface area contributed by atoms with Crippen molar-refractivity contribution >= 4 is 29.1 Å². The van der Waals surface area contributed by atoms with Crippen LogP contribution in [0.5, 0.6) is 0 Å². The van der Waals surface area contributed by atoms with Crippen LogP contribution in [-0.4, -0.2) is 31.4 Å². The first kappa shape index (κ1) is 17.6. The van der Waals surface area contributed by atoms with E-state index in [0.29, 0.717) is 16.5 Å². The standard InChI is InChI=1S/C17H24ClN3O2/c1-11-5-3-4-6-15(11)21-16(22)10-20-12-7-8-13(14(18)9-12)17(23)19-2/h7-9,11,15,20H,3-6,10H2,1-2H3,(H,19,23)(H,21,22)/t11-,15-/m1/s1. The lowest BCUT2D eigenvalue weighted by atomic mass is 9.86. The maximum absolute atomic E-state index is 12.1. The minimum atomic E-state index is -0.231. The van der Waals surface area contributed by atoms with E-state index in [1.165, 1.54) is 19.3 Å².